The first-order chi connectivity index (χ1) is 9.05. The molecule has 0 bridgehead atoms. The van der Waals surface area contributed by atoms with E-state index in [2.05, 4.69) is 9.47 Å². The first-order valence-corrected chi connectivity index (χ1v) is 6.70. The lowest BCUT2D eigenvalue weighted by Gasteiger charge is -2.27. The lowest BCUT2D eigenvalue weighted by Crippen LogP contribution is -2.26. The molecule has 19 heavy (non-hydrogen) atoms. The Balaban J connectivity index is 1.79. The number of alkyl halides is 2. The summed E-state index contributed by atoms with van der Waals surface area (Å²) in [7, 11) is 0. The van der Waals surface area contributed by atoms with Crippen molar-refractivity contribution in [1.29, 1.82) is 0 Å². The van der Waals surface area contributed by atoms with Crippen LogP contribution in [0.2, 0.25) is 0 Å². The average Bonchev–Trinajstić information content (AvgIpc) is 2.71. The number of hydrogen-bond acceptors (Lipinski definition) is 3. The van der Waals surface area contributed by atoms with Crippen molar-refractivity contribution in [2.75, 3.05) is 0 Å². The molecule has 1 aliphatic carbocycles. The smallest absolute Gasteiger partial charge is 0.395 e. The van der Waals surface area contributed by atoms with Crippen LogP contribution >= 0.6 is 0 Å². The lowest BCUT2D eigenvalue weighted by molar-refractivity contribution is -0.286. The molecule has 0 aromatic heterocycles. The largest absolute Gasteiger partial charge is 0.586 e. The number of fused-ring (bicyclic) bond motifs is 1. The topological polar surface area (TPSA) is 44.5 Å². The van der Waals surface area contributed by atoms with Gasteiger partial charge in [0.05, 0.1) is 0 Å². The van der Waals surface area contributed by atoms with E-state index in [0.29, 0.717) is 5.92 Å². The highest BCUT2D eigenvalue weighted by atomic mass is 19.3. The molecule has 1 fully saturated rings. The molecule has 2 aliphatic rings. The van der Waals surface area contributed by atoms with Crippen LogP contribution in [-0.2, 0) is 0 Å². The van der Waals surface area contributed by atoms with E-state index in [4.69, 9.17) is 5.73 Å². The highest BCUT2D eigenvalue weighted by Gasteiger charge is 2.43. The minimum atomic E-state index is -3.56. The third-order valence-corrected chi connectivity index (χ3v) is 3.97. The van der Waals surface area contributed by atoms with Crippen molar-refractivity contribution < 1.29 is 18.3 Å². The number of halogens is 2. The molecule has 0 unspecified atom stereocenters. The second kappa shape index (κ2) is 4.63. The Morgan fingerprint density at radius 1 is 1.11 bits per heavy atom. The zero-order valence-electron chi connectivity index (χ0n) is 10.6. The maximum Gasteiger partial charge on any atom is 0.586 e. The zero-order valence-corrected chi connectivity index (χ0v) is 10.6. The molecule has 1 saturated carbocycles. The van der Waals surface area contributed by atoms with Gasteiger partial charge in [0.25, 0.3) is 0 Å². The molecule has 2 N–H and O–H groups in total. The third kappa shape index (κ3) is 2.52. The van der Waals surface area contributed by atoms with Crippen LogP contribution in [0.15, 0.2) is 18.2 Å². The van der Waals surface area contributed by atoms with Crippen LogP contribution in [0.1, 0.15) is 43.7 Å². The van der Waals surface area contributed by atoms with E-state index in [1.54, 1.807) is 12.1 Å². The van der Waals surface area contributed by atoms with Crippen molar-refractivity contribution >= 4 is 0 Å². The van der Waals surface area contributed by atoms with Gasteiger partial charge >= 0.3 is 6.29 Å². The number of nitrogens with two attached hydrogens (primary N) is 1. The summed E-state index contributed by atoms with van der Waals surface area (Å²) >= 11 is 0. The summed E-state index contributed by atoms with van der Waals surface area (Å²) in [6.45, 7) is 0. The molecule has 1 aliphatic heterocycles. The number of benzene rings is 1. The number of rotatable bonds is 2. The molecule has 0 amide bonds. The van der Waals surface area contributed by atoms with Crippen molar-refractivity contribution in [2.24, 2.45) is 11.7 Å². The highest BCUT2D eigenvalue weighted by Crippen LogP contribution is 2.43. The Labute approximate surface area is 110 Å². The van der Waals surface area contributed by atoms with Crippen molar-refractivity contribution in [3.63, 3.8) is 0 Å². The van der Waals surface area contributed by atoms with E-state index in [1.165, 1.54) is 25.3 Å². The van der Waals surface area contributed by atoms with Crippen LogP contribution in [0.4, 0.5) is 8.78 Å². The molecule has 0 radical (unpaired) electrons. The van der Waals surface area contributed by atoms with E-state index in [0.717, 1.165) is 18.4 Å². The summed E-state index contributed by atoms with van der Waals surface area (Å²) in [5.41, 5.74) is 7.09. The first-order valence-electron chi connectivity index (χ1n) is 6.70. The standard InChI is InChI=1S/C14H17F2NO2/c15-14(16)18-11-7-6-10(8-12(11)19-14)13(17)9-4-2-1-3-5-9/h6-9,13H,1-5,17H2/t13-/m1/s1. The Hall–Kier alpha value is -1.36. The van der Waals surface area contributed by atoms with E-state index in [9.17, 15) is 8.78 Å². The molecule has 3 nitrogen and oxygen atoms in total. The predicted molar refractivity (Wildman–Crippen MR) is 66.1 cm³/mol. The summed E-state index contributed by atoms with van der Waals surface area (Å²) in [4.78, 5) is 0. The summed E-state index contributed by atoms with van der Waals surface area (Å²) in [5.74, 6) is 0.577. The van der Waals surface area contributed by atoms with Gasteiger partial charge in [-0.1, -0.05) is 25.3 Å². The zero-order chi connectivity index (χ0) is 13.5. The molecule has 0 saturated heterocycles. The SMILES string of the molecule is N[C@@H](c1ccc2c(c1)OC(F)(F)O2)C1CCCCC1. The van der Waals surface area contributed by atoms with Gasteiger partial charge in [-0.15, -0.1) is 8.78 Å². The van der Waals surface area contributed by atoms with Crippen molar-refractivity contribution in [3.8, 4) is 11.5 Å². The average molecular weight is 269 g/mol. The fourth-order valence-electron chi connectivity index (χ4n) is 2.94. The van der Waals surface area contributed by atoms with Gasteiger partial charge in [0.1, 0.15) is 0 Å². The van der Waals surface area contributed by atoms with Gasteiger partial charge in [-0.05, 0) is 36.5 Å². The van der Waals surface area contributed by atoms with Crippen LogP contribution in [0, 0.1) is 5.92 Å². The van der Waals surface area contributed by atoms with Crippen molar-refractivity contribution in [1.82, 2.24) is 0 Å². The normalized spacial score (nSPS) is 23.3. The van der Waals surface area contributed by atoms with Crippen LogP contribution < -0.4 is 15.2 Å². The molecule has 104 valence electrons. The first kappa shape index (κ1) is 12.7. The predicted octanol–water partition coefficient (Wildman–Crippen LogP) is 3.59. The summed E-state index contributed by atoms with van der Waals surface area (Å²) in [6.07, 6.45) is 2.30. The summed E-state index contributed by atoms with van der Waals surface area (Å²) in [6, 6.07) is 4.72. The second-order valence-corrected chi connectivity index (χ2v) is 5.30. The molecule has 1 aromatic rings. The fraction of sp³-hybridized carbons (Fsp3) is 0.571. The van der Waals surface area contributed by atoms with Gasteiger partial charge in [0.2, 0.25) is 0 Å². The number of ether oxygens (including phenoxy) is 2. The maximum atomic E-state index is 12.9. The molecule has 1 heterocycles. The Bertz CT molecular complexity index is 473. The van der Waals surface area contributed by atoms with E-state index in [-0.39, 0.29) is 17.5 Å². The van der Waals surface area contributed by atoms with Crippen molar-refractivity contribution in [2.45, 2.75) is 44.4 Å². The van der Waals surface area contributed by atoms with Gasteiger partial charge in [-0.3, -0.25) is 0 Å². The van der Waals surface area contributed by atoms with E-state index in [1.807, 2.05) is 0 Å². The number of hydrogen-bond donors (Lipinski definition) is 1. The molecular weight excluding hydrogens is 252 g/mol. The van der Waals surface area contributed by atoms with E-state index >= 15 is 0 Å². The Kier molecular flexibility index (Phi) is 3.09. The van der Waals surface area contributed by atoms with Gasteiger partial charge in [0, 0.05) is 6.04 Å². The molecular formula is C14H17F2NO2. The van der Waals surface area contributed by atoms with E-state index < -0.39 is 6.29 Å². The summed E-state index contributed by atoms with van der Waals surface area (Å²) < 4.78 is 34.7. The van der Waals surface area contributed by atoms with Crippen LogP contribution in [-0.4, -0.2) is 6.29 Å². The molecule has 3 rings (SSSR count). The van der Waals surface area contributed by atoms with Crippen LogP contribution in [0.3, 0.4) is 0 Å². The summed E-state index contributed by atoms with van der Waals surface area (Å²) in [5, 5.41) is 0. The monoisotopic (exact) mass is 269 g/mol. The fourth-order valence-corrected chi connectivity index (χ4v) is 2.94. The van der Waals surface area contributed by atoms with Gasteiger partial charge in [-0.2, -0.15) is 0 Å². The van der Waals surface area contributed by atoms with Gasteiger partial charge in [0.15, 0.2) is 11.5 Å². The van der Waals surface area contributed by atoms with Gasteiger partial charge < -0.3 is 15.2 Å². The van der Waals surface area contributed by atoms with Crippen molar-refractivity contribution in [3.05, 3.63) is 23.8 Å². The van der Waals surface area contributed by atoms with Gasteiger partial charge in [-0.25, -0.2) is 0 Å². The van der Waals surface area contributed by atoms with Crippen LogP contribution in [0.25, 0.3) is 0 Å². The quantitative estimate of drug-likeness (QED) is 0.892. The maximum absolute atomic E-state index is 12.9. The minimum Gasteiger partial charge on any atom is -0.395 e. The third-order valence-electron chi connectivity index (χ3n) is 3.97. The lowest BCUT2D eigenvalue weighted by atomic mass is 9.81. The molecule has 0 spiro atoms. The molecule has 1 aromatic carbocycles. The highest BCUT2D eigenvalue weighted by molar-refractivity contribution is 5.46. The Morgan fingerprint density at radius 2 is 1.79 bits per heavy atom. The second-order valence-electron chi connectivity index (χ2n) is 5.30. The Morgan fingerprint density at radius 3 is 2.53 bits per heavy atom. The molecule has 1 atom stereocenters. The minimum absolute atomic E-state index is 0.0737. The van der Waals surface area contributed by atoms with Crippen LogP contribution in [0.5, 0.6) is 11.5 Å². The molecule has 5 heteroatoms.